The Morgan fingerprint density at radius 2 is 2.00 bits per heavy atom. The van der Waals surface area contributed by atoms with Crippen LogP contribution in [0.5, 0.6) is 5.75 Å². The topological polar surface area (TPSA) is 59.6 Å². The average molecular weight is 301 g/mol. The molecule has 2 N–H and O–H groups in total. The number of carbonyl (C=O) groups excluding carboxylic acids is 1. The van der Waals surface area contributed by atoms with Gasteiger partial charge in [-0.25, -0.2) is 4.79 Å². The van der Waals surface area contributed by atoms with Crippen LogP contribution in [0.2, 0.25) is 5.02 Å². The SMILES string of the molecule is COCCCNC(=O)NCCOc1ccc(Cl)cc1C. The molecule has 0 saturated heterocycles. The van der Waals surface area contributed by atoms with Gasteiger partial charge in [-0.3, -0.25) is 0 Å². The molecule has 0 aliphatic rings. The Kier molecular flexibility index (Phi) is 7.84. The lowest BCUT2D eigenvalue weighted by Gasteiger charge is -2.10. The highest BCUT2D eigenvalue weighted by molar-refractivity contribution is 6.30. The first-order valence-electron chi connectivity index (χ1n) is 6.53. The van der Waals surface area contributed by atoms with Crippen LogP contribution in [-0.2, 0) is 4.74 Å². The molecule has 0 saturated carbocycles. The fraction of sp³-hybridized carbons (Fsp3) is 0.500. The van der Waals surface area contributed by atoms with Gasteiger partial charge in [0.25, 0.3) is 0 Å². The van der Waals surface area contributed by atoms with Gasteiger partial charge in [0, 0.05) is 25.3 Å². The summed E-state index contributed by atoms with van der Waals surface area (Å²) in [5.41, 5.74) is 0.974. The maximum Gasteiger partial charge on any atom is 0.314 e. The summed E-state index contributed by atoms with van der Waals surface area (Å²) in [7, 11) is 1.64. The Morgan fingerprint density at radius 1 is 1.25 bits per heavy atom. The van der Waals surface area contributed by atoms with Crippen molar-refractivity contribution in [3.63, 3.8) is 0 Å². The summed E-state index contributed by atoms with van der Waals surface area (Å²) >= 11 is 5.86. The summed E-state index contributed by atoms with van der Waals surface area (Å²) in [5, 5.41) is 6.13. The quantitative estimate of drug-likeness (QED) is 0.725. The summed E-state index contributed by atoms with van der Waals surface area (Å²) in [6.45, 7) is 4.01. The first-order valence-corrected chi connectivity index (χ1v) is 6.91. The minimum atomic E-state index is -0.197. The van der Waals surface area contributed by atoms with Crippen LogP contribution in [0.15, 0.2) is 18.2 Å². The molecule has 0 aromatic heterocycles. The van der Waals surface area contributed by atoms with Crippen molar-refractivity contribution in [3.05, 3.63) is 28.8 Å². The van der Waals surface area contributed by atoms with Crippen molar-refractivity contribution in [3.8, 4) is 5.75 Å². The number of hydrogen-bond acceptors (Lipinski definition) is 3. The number of amides is 2. The Balaban J connectivity index is 2.13. The van der Waals surface area contributed by atoms with Crippen molar-refractivity contribution in [2.45, 2.75) is 13.3 Å². The van der Waals surface area contributed by atoms with Crippen molar-refractivity contribution in [2.24, 2.45) is 0 Å². The molecule has 2 amide bonds. The molecule has 6 heteroatoms. The van der Waals surface area contributed by atoms with E-state index in [1.165, 1.54) is 0 Å². The first-order chi connectivity index (χ1) is 9.63. The van der Waals surface area contributed by atoms with Crippen molar-refractivity contribution >= 4 is 17.6 Å². The van der Waals surface area contributed by atoms with Gasteiger partial charge in [0.1, 0.15) is 12.4 Å². The van der Waals surface area contributed by atoms with Gasteiger partial charge in [-0.05, 0) is 37.1 Å². The smallest absolute Gasteiger partial charge is 0.314 e. The fourth-order valence-electron chi connectivity index (χ4n) is 1.58. The second-order valence-corrected chi connectivity index (χ2v) is 4.72. The van der Waals surface area contributed by atoms with Crippen LogP contribution in [0.1, 0.15) is 12.0 Å². The lowest BCUT2D eigenvalue weighted by atomic mass is 10.2. The van der Waals surface area contributed by atoms with E-state index in [1.807, 2.05) is 19.1 Å². The van der Waals surface area contributed by atoms with Gasteiger partial charge in [-0.2, -0.15) is 0 Å². The molecule has 1 aromatic rings. The zero-order chi connectivity index (χ0) is 14.8. The molecular formula is C14H21ClN2O3. The molecule has 5 nitrogen and oxygen atoms in total. The Morgan fingerprint density at radius 3 is 2.70 bits per heavy atom. The van der Waals surface area contributed by atoms with Crippen LogP contribution in [0.25, 0.3) is 0 Å². The minimum Gasteiger partial charge on any atom is -0.491 e. The molecule has 20 heavy (non-hydrogen) atoms. The number of urea groups is 1. The van der Waals surface area contributed by atoms with Crippen LogP contribution >= 0.6 is 11.6 Å². The number of halogens is 1. The third-order valence-electron chi connectivity index (χ3n) is 2.59. The van der Waals surface area contributed by atoms with E-state index in [4.69, 9.17) is 21.1 Å². The van der Waals surface area contributed by atoms with Gasteiger partial charge in [0.2, 0.25) is 0 Å². The Hall–Kier alpha value is -1.46. The lowest BCUT2D eigenvalue weighted by molar-refractivity contribution is 0.193. The molecule has 0 fully saturated rings. The van der Waals surface area contributed by atoms with Crippen LogP contribution in [0.3, 0.4) is 0 Å². The van der Waals surface area contributed by atoms with Crippen LogP contribution in [0.4, 0.5) is 4.79 Å². The first kappa shape index (κ1) is 16.6. The summed E-state index contributed by atoms with van der Waals surface area (Å²) < 4.78 is 10.5. The molecule has 0 radical (unpaired) electrons. The molecule has 0 unspecified atom stereocenters. The summed E-state index contributed by atoms with van der Waals surface area (Å²) in [4.78, 5) is 11.4. The summed E-state index contributed by atoms with van der Waals surface area (Å²) in [6, 6.07) is 5.24. The molecule has 1 aromatic carbocycles. The van der Waals surface area contributed by atoms with Gasteiger partial charge in [-0.15, -0.1) is 0 Å². The number of hydrogen-bond donors (Lipinski definition) is 2. The molecule has 0 aliphatic carbocycles. The van der Waals surface area contributed by atoms with Crippen molar-refractivity contribution in [2.75, 3.05) is 33.4 Å². The molecule has 0 heterocycles. The number of ether oxygens (including phenoxy) is 2. The highest BCUT2D eigenvalue weighted by Crippen LogP contribution is 2.21. The Labute approximate surface area is 124 Å². The number of aryl methyl sites for hydroxylation is 1. The van der Waals surface area contributed by atoms with E-state index in [9.17, 15) is 4.79 Å². The normalized spacial score (nSPS) is 10.2. The predicted molar refractivity (Wildman–Crippen MR) is 79.6 cm³/mol. The van der Waals surface area contributed by atoms with Crippen molar-refractivity contribution in [1.29, 1.82) is 0 Å². The zero-order valence-electron chi connectivity index (χ0n) is 11.9. The van der Waals surface area contributed by atoms with Crippen molar-refractivity contribution < 1.29 is 14.3 Å². The fourth-order valence-corrected chi connectivity index (χ4v) is 1.81. The number of methoxy groups -OCH3 is 1. The van der Waals surface area contributed by atoms with E-state index >= 15 is 0 Å². The Bertz CT molecular complexity index is 427. The zero-order valence-corrected chi connectivity index (χ0v) is 12.6. The third kappa shape index (κ3) is 6.63. The molecular weight excluding hydrogens is 280 g/mol. The average Bonchev–Trinajstić information content (AvgIpc) is 2.41. The predicted octanol–water partition coefficient (Wildman–Crippen LogP) is 2.36. The molecule has 112 valence electrons. The maximum absolute atomic E-state index is 11.4. The van der Waals surface area contributed by atoms with Crippen molar-refractivity contribution in [1.82, 2.24) is 10.6 Å². The monoisotopic (exact) mass is 300 g/mol. The number of rotatable bonds is 8. The third-order valence-corrected chi connectivity index (χ3v) is 2.83. The molecule has 1 rings (SSSR count). The molecule has 0 atom stereocenters. The van der Waals surface area contributed by atoms with Gasteiger partial charge < -0.3 is 20.1 Å². The standard InChI is InChI=1S/C14H21ClN2O3/c1-11-10-12(15)4-5-13(11)20-9-7-17-14(18)16-6-3-8-19-2/h4-5,10H,3,6-9H2,1-2H3,(H2,16,17,18). The van der Waals surface area contributed by atoms with E-state index in [2.05, 4.69) is 10.6 Å². The minimum absolute atomic E-state index is 0.197. The number of carbonyl (C=O) groups is 1. The van der Waals surface area contributed by atoms with Crippen LogP contribution < -0.4 is 15.4 Å². The number of nitrogens with one attached hydrogen (secondary N) is 2. The van der Waals surface area contributed by atoms with Gasteiger partial charge in [-0.1, -0.05) is 11.6 Å². The molecule has 0 spiro atoms. The maximum atomic E-state index is 11.4. The summed E-state index contributed by atoms with van der Waals surface area (Å²) in [5.74, 6) is 0.775. The lowest BCUT2D eigenvalue weighted by Crippen LogP contribution is -2.38. The second kappa shape index (κ2) is 9.44. The van der Waals surface area contributed by atoms with E-state index in [-0.39, 0.29) is 6.03 Å². The van der Waals surface area contributed by atoms with E-state index < -0.39 is 0 Å². The van der Waals surface area contributed by atoms with Crippen LogP contribution in [-0.4, -0.2) is 39.4 Å². The van der Waals surface area contributed by atoms with Gasteiger partial charge in [0.15, 0.2) is 0 Å². The highest BCUT2D eigenvalue weighted by atomic mass is 35.5. The second-order valence-electron chi connectivity index (χ2n) is 4.29. The van der Waals surface area contributed by atoms with Crippen LogP contribution in [0, 0.1) is 6.92 Å². The van der Waals surface area contributed by atoms with E-state index in [0.29, 0.717) is 31.3 Å². The van der Waals surface area contributed by atoms with Gasteiger partial charge >= 0.3 is 6.03 Å². The largest absolute Gasteiger partial charge is 0.491 e. The summed E-state index contributed by atoms with van der Waals surface area (Å²) in [6.07, 6.45) is 0.796. The number of benzene rings is 1. The molecule has 0 aliphatic heterocycles. The van der Waals surface area contributed by atoms with Gasteiger partial charge in [0.05, 0.1) is 6.54 Å². The highest BCUT2D eigenvalue weighted by Gasteiger charge is 2.01. The van der Waals surface area contributed by atoms with E-state index in [0.717, 1.165) is 17.7 Å². The van der Waals surface area contributed by atoms with E-state index in [1.54, 1.807) is 13.2 Å². The molecule has 0 bridgehead atoms.